The summed E-state index contributed by atoms with van der Waals surface area (Å²) in [5.41, 5.74) is 3.98. The van der Waals surface area contributed by atoms with E-state index in [1.807, 2.05) is 23.9 Å². The molecule has 1 fully saturated rings. The summed E-state index contributed by atoms with van der Waals surface area (Å²) < 4.78 is 22.3. The molecule has 0 radical (unpaired) electrons. The molecule has 0 bridgehead atoms. The van der Waals surface area contributed by atoms with Crippen molar-refractivity contribution < 1.29 is 13.9 Å². The number of imidazole rings is 1. The monoisotopic (exact) mass is 527 g/mol. The molecule has 12 heteroatoms. The quantitative estimate of drug-likeness (QED) is 0.347. The van der Waals surface area contributed by atoms with Crippen molar-refractivity contribution in [3.8, 4) is 28.4 Å². The molecular formula is C27H26FN9O2. The van der Waals surface area contributed by atoms with Crippen molar-refractivity contribution in [1.29, 1.82) is 0 Å². The first-order valence-electron chi connectivity index (χ1n) is 12.5. The third-order valence-corrected chi connectivity index (χ3v) is 6.58. The van der Waals surface area contributed by atoms with Gasteiger partial charge in [0.25, 0.3) is 5.91 Å². The summed E-state index contributed by atoms with van der Waals surface area (Å²) in [7, 11) is 3.40. The number of piperazine rings is 1. The van der Waals surface area contributed by atoms with Gasteiger partial charge in [-0.1, -0.05) is 0 Å². The number of hydrogen-bond donors (Lipinski definition) is 2. The molecule has 0 saturated carbocycles. The zero-order valence-electron chi connectivity index (χ0n) is 21.4. The number of benzene rings is 1. The minimum atomic E-state index is -0.342. The number of carbonyl (C=O) groups excluding carboxylic acids is 1. The molecule has 11 nitrogen and oxygen atoms in total. The molecule has 198 valence electrons. The van der Waals surface area contributed by atoms with Crippen molar-refractivity contribution in [1.82, 2.24) is 34.7 Å². The first kappa shape index (κ1) is 24.5. The molecule has 1 aliphatic rings. The number of anilines is 2. The molecule has 0 unspecified atom stereocenters. The van der Waals surface area contributed by atoms with Crippen LogP contribution in [0.25, 0.3) is 28.2 Å². The summed E-state index contributed by atoms with van der Waals surface area (Å²) >= 11 is 0. The van der Waals surface area contributed by atoms with Gasteiger partial charge in [0.2, 0.25) is 5.88 Å². The summed E-state index contributed by atoms with van der Waals surface area (Å²) in [6, 6.07) is 13.2. The van der Waals surface area contributed by atoms with Crippen LogP contribution in [0.4, 0.5) is 16.0 Å². The van der Waals surface area contributed by atoms with Crippen LogP contribution in [0.2, 0.25) is 0 Å². The number of ether oxygens (including phenoxy) is 1. The normalized spacial score (nSPS) is 13.6. The zero-order valence-corrected chi connectivity index (χ0v) is 21.4. The lowest BCUT2D eigenvalue weighted by Gasteiger charge is -2.30. The molecule has 0 aliphatic carbocycles. The highest BCUT2D eigenvalue weighted by molar-refractivity contribution is 6.04. The van der Waals surface area contributed by atoms with Crippen molar-refractivity contribution in [2.45, 2.75) is 0 Å². The maximum atomic E-state index is 13.7. The number of fused-ring (bicyclic) bond motifs is 1. The topological polar surface area (TPSA) is 114 Å². The lowest BCUT2D eigenvalue weighted by atomic mass is 10.0. The predicted octanol–water partition coefficient (Wildman–Crippen LogP) is 3.00. The van der Waals surface area contributed by atoms with Gasteiger partial charge in [-0.2, -0.15) is 10.2 Å². The van der Waals surface area contributed by atoms with Crippen LogP contribution in [0.3, 0.4) is 0 Å². The number of carbonyl (C=O) groups is 1. The van der Waals surface area contributed by atoms with E-state index >= 15 is 0 Å². The Morgan fingerprint density at radius 2 is 1.87 bits per heavy atom. The van der Waals surface area contributed by atoms with Gasteiger partial charge in [-0.05, 0) is 42.5 Å². The van der Waals surface area contributed by atoms with Crippen molar-refractivity contribution in [3.63, 3.8) is 0 Å². The highest BCUT2D eigenvalue weighted by atomic mass is 19.1. The lowest BCUT2D eigenvalue weighted by molar-refractivity contribution is 0.102. The number of hydrogen-bond acceptors (Lipinski definition) is 8. The Balaban J connectivity index is 1.39. The maximum absolute atomic E-state index is 13.7. The summed E-state index contributed by atoms with van der Waals surface area (Å²) in [5.74, 6) is 0.982. The fraction of sp³-hybridized carbons (Fsp3) is 0.222. The molecule has 5 heterocycles. The minimum absolute atomic E-state index is 0.309. The van der Waals surface area contributed by atoms with Crippen molar-refractivity contribution in [2.24, 2.45) is 7.05 Å². The number of amides is 1. The molecule has 0 spiro atoms. The Hall–Kier alpha value is -4.84. The summed E-state index contributed by atoms with van der Waals surface area (Å²) in [4.78, 5) is 23.6. The summed E-state index contributed by atoms with van der Waals surface area (Å²) in [5, 5.41) is 15.9. The van der Waals surface area contributed by atoms with Crippen LogP contribution in [-0.4, -0.2) is 68.6 Å². The van der Waals surface area contributed by atoms with E-state index in [1.54, 1.807) is 35.0 Å². The summed E-state index contributed by atoms with van der Waals surface area (Å²) in [6.07, 6.45) is 3.17. The second-order valence-electron chi connectivity index (χ2n) is 9.10. The zero-order chi connectivity index (χ0) is 26.9. The van der Waals surface area contributed by atoms with E-state index in [0.29, 0.717) is 34.3 Å². The molecule has 4 aromatic heterocycles. The van der Waals surface area contributed by atoms with Crippen LogP contribution in [0, 0.1) is 5.82 Å². The summed E-state index contributed by atoms with van der Waals surface area (Å²) in [6.45, 7) is 3.35. The fourth-order valence-electron chi connectivity index (χ4n) is 4.73. The molecule has 0 atom stereocenters. The number of halogens is 1. The van der Waals surface area contributed by atoms with Gasteiger partial charge in [-0.25, -0.2) is 18.9 Å². The van der Waals surface area contributed by atoms with Crippen LogP contribution in [0.5, 0.6) is 5.88 Å². The van der Waals surface area contributed by atoms with Gasteiger partial charge in [0.05, 0.1) is 24.6 Å². The highest BCUT2D eigenvalue weighted by Crippen LogP contribution is 2.38. The molecule has 6 rings (SSSR count). The highest BCUT2D eigenvalue weighted by Gasteiger charge is 2.26. The van der Waals surface area contributed by atoms with E-state index in [1.165, 1.54) is 25.4 Å². The Kier molecular flexibility index (Phi) is 6.37. The number of aryl methyl sites for hydroxylation is 1. The first-order valence-corrected chi connectivity index (χ1v) is 12.5. The van der Waals surface area contributed by atoms with Crippen LogP contribution < -0.4 is 20.3 Å². The van der Waals surface area contributed by atoms with Crippen LogP contribution in [0.15, 0.2) is 60.9 Å². The minimum Gasteiger partial charge on any atom is -0.481 e. The molecular weight excluding hydrogens is 501 g/mol. The number of methoxy groups -OCH3 is 1. The van der Waals surface area contributed by atoms with Crippen LogP contribution >= 0.6 is 0 Å². The lowest BCUT2D eigenvalue weighted by Crippen LogP contribution is -2.44. The number of pyridine rings is 1. The van der Waals surface area contributed by atoms with Gasteiger partial charge in [0.15, 0.2) is 11.5 Å². The second-order valence-corrected chi connectivity index (χ2v) is 9.10. The van der Waals surface area contributed by atoms with Crippen LogP contribution in [0.1, 0.15) is 10.4 Å². The van der Waals surface area contributed by atoms with Crippen molar-refractivity contribution in [3.05, 3.63) is 72.3 Å². The second kappa shape index (κ2) is 10.1. The predicted molar refractivity (Wildman–Crippen MR) is 144 cm³/mol. The van der Waals surface area contributed by atoms with Gasteiger partial charge in [-0.3, -0.25) is 9.48 Å². The number of nitrogens with one attached hydrogen (secondary N) is 2. The van der Waals surface area contributed by atoms with E-state index in [2.05, 4.69) is 25.5 Å². The SMILES string of the molecule is COc1cc(C(=O)Nc2cn3nc(-c4c(-c5ccc(F)cc5)nn(C)c4N4CCNCC4)ccc3n2)ccn1. The van der Waals surface area contributed by atoms with Gasteiger partial charge in [0.1, 0.15) is 17.3 Å². The Morgan fingerprint density at radius 3 is 2.64 bits per heavy atom. The van der Waals surface area contributed by atoms with Crippen molar-refractivity contribution in [2.75, 3.05) is 43.5 Å². The molecule has 1 aliphatic heterocycles. The maximum Gasteiger partial charge on any atom is 0.257 e. The van der Waals surface area contributed by atoms with E-state index < -0.39 is 0 Å². The van der Waals surface area contributed by atoms with E-state index in [4.69, 9.17) is 14.9 Å². The van der Waals surface area contributed by atoms with Gasteiger partial charge in [0, 0.05) is 56.6 Å². The Labute approximate surface area is 223 Å². The number of nitrogens with zero attached hydrogens (tertiary/aromatic N) is 7. The Morgan fingerprint density at radius 1 is 1.08 bits per heavy atom. The molecule has 2 N–H and O–H groups in total. The van der Waals surface area contributed by atoms with Gasteiger partial charge < -0.3 is 20.3 Å². The molecule has 1 saturated heterocycles. The molecule has 39 heavy (non-hydrogen) atoms. The van der Waals surface area contributed by atoms with E-state index in [0.717, 1.165) is 43.1 Å². The fourth-order valence-corrected chi connectivity index (χ4v) is 4.73. The molecule has 5 aromatic rings. The standard InChI is InChI=1S/C27H26FN9O2/c1-35-27(36-13-11-29-12-14-36)24(25(34-35)17-3-5-19(28)6-4-17)20-7-8-22-31-21(16-37(22)33-20)32-26(38)18-9-10-30-23(15-18)39-2/h3-10,15-16,29H,11-14H2,1-2H3,(H,32,38). The van der Waals surface area contributed by atoms with E-state index in [-0.39, 0.29) is 11.7 Å². The van der Waals surface area contributed by atoms with E-state index in [9.17, 15) is 9.18 Å². The third-order valence-electron chi connectivity index (χ3n) is 6.58. The van der Waals surface area contributed by atoms with Crippen LogP contribution in [-0.2, 0) is 7.05 Å². The largest absolute Gasteiger partial charge is 0.481 e. The van der Waals surface area contributed by atoms with Crippen molar-refractivity contribution >= 4 is 23.2 Å². The third kappa shape index (κ3) is 4.77. The first-order chi connectivity index (χ1) is 19.0. The average Bonchev–Trinajstić information content (AvgIpc) is 3.53. The van der Waals surface area contributed by atoms with Gasteiger partial charge >= 0.3 is 0 Å². The molecule has 1 aromatic carbocycles. The molecule has 1 amide bonds. The smallest absolute Gasteiger partial charge is 0.257 e. The Bertz CT molecular complexity index is 1660. The average molecular weight is 528 g/mol. The number of aromatic nitrogens is 6. The number of rotatable bonds is 6. The van der Waals surface area contributed by atoms with Gasteiger partial charge in [-0.15, -0.1) is 0 Å².